The van der Waals surface area contributed by atoms with Crippen LogP contribution in [-0.4, -0.2) is 25.3 Å². The maximum Gasteiger partial charge on any atom is 0.216 e. The third-order valence-corrected chi connectivity index (χ3v) is 0.854. The van der Waals surface area contributed by atoms with E-state index in [0.717, 1.165) is 0 Å². The van der Waals surface area contributed by atoms with Crippen molar-refractivity contribution in [2.45, 2.75) is 6.92 Å². The second-order valence-corrected chi connectivity index (χ2v) is 1.81. The standard InChI is InChI=1S/C5H13N5O.ClH/c1-5(11)8-3-2-7-4-9-10-6;/h4,10H,2-3,6H2,1H3,(H,7,9)(H,8,11);1H. The van der Waals surface area contributed by atoms with E-state index < -0.39 is 0 Å². The number of carbonyl (C=O) groups excluding carboxylic acids is 1. The second-order valence-electron chi connectivity index (χ2n) is 1.81. The lowest BCUT2D eigenvalue weighted by Gasteiger charge is -1.97. The third kappa shape index (κ3) is 11.9. The van der Waals surface area contributed by atoms with Crippen molar-refractivity contribution in [2.75, 3.05) is 13.1 Å². The summed E-state index contributed by atoms with van der Waals surface area (Å²) in [7, 11) is 0. The van der Waals surface area contributed by atoms with Crippen molar-refractivity contribution in [3.63, 3.8) is 0 Å². The second kappa shape index (κ2) is 10.2. The van der Waals surface area contributed by atoms with Gasteiger partial charge in [-0.25, -0.2) is 0 Å². The predicted molar refractivity (Wildman–Crippen MR) is 49.7 cm³/mol. The van der Waals surface area contributed by atoms with Gasteiger partial charge < -0.3 is 5.32 Å². The Hall–Kier alpha value is -0.850. The van der Waals surface area contributed by atoms with Gasteiger partial charge in [-0.15, -0.1) is 12.4 Å². The quantitative estimate of drug-likeness (QED) is 0.142. The molecular weight excluding hydrogens is 182 g/mol. The van der Waals surface area contributed by atoms with Crippen LogP contribution < -0.4 is 22.1 Å². The van der Waals surface area contributed by atoms with Gasteiger partial charge in [0.25, 0.3) is 0 Å². The molecule has 0 aliphatic heterocycles. The van der Waals surface area contributed by atoms with E-state index in [0.29, 0.717) is 13.1 Å². The summed E-state index contributed by atoms with van der Waals surface area (Å²) in [6.45, 7) is 2.54. The highest BCUT2D eigenvalue weighted by Crippen LogP contribution is 1.64. The molecule has 0 saturated heterocycles. The number of halogens is 1. The molecule has 0 heterocycles. The van der Waals surface area contributed by atoms with Crippen LogP contribution in [0, 0.1) is 0 Å². The Kier molecular flexibility index (Phi) is 11.6. The summed E-state index contributed by atoms with van der Waals surface area (Å²) in [5, 5.41) is 2.59. The lowest BCUT2D eigenvalue weighted by Crippen LogP contribution is -2.36. The number of nitrogens with one attached hydrogen (secondary N) is 3. The molecular formula is C5H14ClN5O. The summed E-state index contributed by atoms with van der Waals surface area (Å²) in [5.41, 5.74) is 4.64. The average Bonchev–Trinajstić information content (AvgIpc) is 1.96. The molecule has 7 heteroatoms. The number of hydrogen-bond acceptors (Lipinski definition) is 4. The van der Waals surface area contributed by atoms with Gasteiger partial charge in [0.05, 0.1) is 12.9 Å². The molecule has 0 saturated carbocycles. The van der Waals surface area contributed by atoms with Crippen molar-refractivity contribution in [1.82, 2.24) is 16.3 Å². The molecule has 0 aromatic carbocycles. The fourth-order valence-electron chi connectivity index (χ4n) is 0.444. The van der Waals surface area contributed by atoms with Gasteiger partial charge in [0, 0.05) is 13.5 Å². The first-order valence-electron chi connectivity index (χ1n) is 3.21. The number of rotatable bonds is 5. The summed E-state index contributed by atoms with van der Waals surface area (Å²) in [5.74, 6) is 4.82. The Bertz CT molecular complexity index is 140. The van der Waals surface area contributed by atoms with Gasteiger partial charge in [0.2, 0.25) is 5.91 Å². The van der Waals surface area contributed by atoms with Crippen LogP contribution in [-0.2, 0) is 4.79 Å². The van der Waals surface area contributed by atoms with Gasteiger partial charge in [-0.05, 0) is 0 Å². The maximum atomic E-state index is 10.3. The zero-order valence-electron chi connectivity index (χ0n) is 6.83. The van der Waals surface area contributed by atoms with Gasteiger partial charge in [-0.2, -0.15) is 5.53 Å². The highest BCUT2D eigenvalue weighted by atomic mass is 35.5. The van der Waals surface area contributed by atoms with Crippen LogP contribution in [0.4, 0.5) is 0 Å². The normalized spacial score (nSPS) is 9.17. The lowest BCUT2D eigenvalue weighted by atomic mass is 10.6. The summed E-state index contributed by atoms with van der Waals surface area (Å²) < 4.78 is 0. The van der Waals surface area contributed by atoms with E-state index >= 15 is 0 Å². The number of amides is 1. The van der Waals surface area contributed by atoms with Gasteiger partial charge in [-0.3, -0.25) is 21.1 Å². The summed E-state index contributed by atoms with van der Waals surface area (Å²) in [6, 6.07) is 0. The molecule has 0 fully saturated rings. The monoisotopic (exact) mass is 195 g/mol. The van der Waals surface area contributed by atoms with Crippen molar-refractivity contribution in [2.24, 2.45) is 10.8 Å². The zero-order valence-corrected chi connectivity index (χ0v) is 7.65. The fourth-order valence-corrected chi connectivity index (χ4v) is 0.444. The largest absolute Gasteiger partial charge is 0.354 e. The number of carbonyl (C=O) groups is 1. The highest BCUT2D eigenvalue weighted by Gasteiger charge is 1.85. The van der Waals surface area contributed by atoms with Crippen molar-refractivity contribution in [3.05, 3.63) is 0 Å². The van der Waals surface area contributed by atoms with Crippen molar-refractivity contribution < 1.29 is 4.79 Å². The van der Waals surface area contributed by atoms with E-state index in [9.17, 15) is 4.79 Å². The molecule has 0 bridgehead atoms. The summed E-state index contributed by atoms with van der Waals surface area (Å²) in [4.78, 5) is 14.2. The number of hydrazine groups is 2. The molecule has 1 amide bonds. The number of nitrogens with zero attached hydrogens (tertiary/aromatic N) is 1. The molecule has 0 aromatic rings. The van der Waals surface area contributed by atoms with Gasteiger partial charge in [0.15, 0.2) is 0 Å². The van der Waals surface area contributed by atoms with E-state index in [1.54, 1.807) is 0 Å². The predicted octanol–water partition coefficient (Wildman–Crippen LogP) is -1.46. The van der Waals surface area contributed by atoms with E-state index in [2.05, 4.69) is 21.3 Å². The van der Waals surface area contributed by atoms with E-state index in [1.165, 1.54) is 13.3 Å². The Labute approximate surface area is 77.3 Å². The van der Waals surface area contributed by atoms with Gasteiger partial charge in [-0.1, -0.05) is 0 Å². The van der Waals surface area contributed by atoms with Gasteiger partial charge >= 0.3 is 0 Å². The lowest BCUT2D eigenvalue weighted by molar-refractivity contribution is -0.118. The molecule has 6 nitrogen and oxygen atoms in total. The van der Waals surface area contributed by atoms with Crippen LogP contribution in [0.25, 0.3) is 0 Å². The molecule has 12 heavy (non-hydrogen) atoms. The molecule has 0 spiro atoms. The Balaban J connectivity index is 0. The van der Waals surface area contributed by atoms with E-state index in [4.69, 9.17) is 5.84 Å². The van der Waals surface area contributed by atoms with Crippen LogP contribution in [0.1, 0.15) is 6.92 Å². The molecule has 0 aliphatic carbocycles. The van der Waals surface area contributed by atoms with Crippen LogP contribution >= 0.6 is 12.4 Å². The summed E-state index contributed by atoms with van der Waals surface area (Å²) >= 11 is 0. The molecule has 0 aromatic heterocycles. The zero-order chi connectivity index (χ0) is 8.53. The molecule has 0 unspecified atom stereocenters. The summed E-state index contributed by atoms with van der Waals surface area (Å²) in [6.07, 6.45) is 1.42. The minimum atomic E-state index is -0.0508. The SMILES string of the molecule is CC(=O)NCCN=CNNN.Cl. The Morgan fingerprint density at radius 2 is 2.33 bits per heavy atom. The minimum absolute atomic E-state index is 0. The van der Waals surface area contributed by atoms with Crippen molar-refractivity contribution in [1.29, 1.82) is 0 Å². The number of aliphatic imine (C=N–C) groups is 1. The molecule has 5 N–H and O–H groups in total. The van der Waals surface area contributed by atoms with Crippen molar-refractivity contribution in [3.8, 4) is 0 Å². The average molecular weight is 196 g/mol. The van der Waals surface area contributed by atoms with Crippen LogP contribution in [0.3, 0.4) is 0 Å². The first-order valence-corrected chi connectivity index (χ1v) is 3.21. The van der Waals surface area contributed by atoms with E-state index in [-0.39, 0.29) is 18.3 Å². The Morgan fingerprint density at radius 3 is 2.83 bits per heavy atom. The third-order valence-electron chi connectivity index (χ3n) is 0.854. The molecule has 0 aliphatic rings. The molecule has 0 radical (unpaired) electrons. The van der Waals surface area contributed by atoms with E-state index in [1.807, 2.05) is 0 Å². The fraction of sp³-hybridized carbons (Fsp3) is 0.600. The minimum Gasteiger partial charge on any atom is -0.354 e. The maximum absolute atomic E-state index is 10.3. The highest BCUT2D eigenvalue weighted by molar-refractivity contribution is 5.85. The number of hydrogen-bond donors (Lipinski definition) is 4. The van der Waals surface area contributed by atoms with Crippen molar-refractivity contribution >= 4 is 24.7 Å². The molecule has 0 atom stereocenters. The first-order chi connectivity index (χ1) is 5.27. The van der Waals surface area contributed by atoms with Crippen LogP contribution in [0.5, 0.6) is 0 Å². The van der Waals surface area contributed by atoms with Crippen LogP contribution in [0.15, 0.2) is 4.99 Å². The first kappa shape index (κ1) is 13.7. The number of nitrogens with two attached hydrogens (primary N) is 1. The smallest absolute Gasteiger partial charge is 0.216 e. The topological polar surface area (TPSA) is 91.5 Å². The molecule has 72 valence electrons. The Morgan fingerprint density at radius 1 is 1.67 bits per heavy atom. The van der Waals surface area contributed by atoms with Crippen LogP contribution in [0.2, 0.25) is 0 Å². The molecule has 0 rings (SSSR count). The van der Waals surface area contributed by atoms with Gasteiger partial charge in [0.1, 0.15) is 0 Å².